The molecule has 1 aliphatic carbocycles. The molecule has 0 bridgehead atoms. The van der Waals surface area contributed by atoms with E-state index in [1.54, 1.807) is 0 Å². The summed E-state index contributed by atoms with van der Waals surface area (Å²) < 4.78 is 13.1. The Kier molecular flexibility index (Phi) is 7.95. The molecule has 302 valence electrons. The summed E-state index contributed by atoms with van der Waals surface area (Å²) in [6.07, 6.45) is 0. The molecule has 0 saturated carbocycles. The van der Waals surface area contributed by atoms with Crippen molar-refractivity contribution in [3.05, 3.63) is 223 Å². The number of hydrogen-bond donors (Lipinski definition) is 0. The Morgan fingerprint density at radius 1 is 0.328 bits per heavy atom. The molecule has 0 unspecified atom stereocenters. The van der Waals surface area contributed by atoms with E-state index in [4.69, 9.17) is 8.83 Å². The maximum atomic E-state index is 7.04. The molecule has 0 spiro atoms. The smallest absolute Gasteiger partial charge is 0.143 e. The van der Waals surface area contributed by atoms with E-state index in [1.807, 2.05) is 12.1 Å². The van der Waals surface area contributed by atoms with Crippen LogP contribution in [-0.4, -0.2) is 0 Å². The van der Waals surface area contributed by atoms with Crippen LogP contribution < -0.4 is 4.90 Å². The lowest BCUT2D eigenvalue weighted by atomic mass is 9.81. The highest BCUT2D eigenvalue weighted by atomic mass is 16.3. The van der Waals surface area contributed by atoms with Crippen LogP contribution in [0.4, 0.5) is 17.1 Å². The van der Waals surface area contributed by atoms with Gasteiger partial charge in [-0.3, -0.25) is 0 Å². The minimum atomic E-state index is -0.0913. The van der Waals surface area contributed by atoms with Crippen molar-refractivity contribution in [2.24, 2.45) is 0 Å². The second-order valence-electron chi connectivity index (χ2n) is 17.6. The molecule has 0 radical (unpaired) electrons. The molecule has 0 fully saturated rings. The number of hydrogen-bond acceptors (Lipinski definition) is 3. The lowest BCUT2D eigenvalue weighted by molar-refractivity contribution is 0.660. The average molecular weight is 820 g/mol. The van der Waals surface area contributed by atoms with Crippen LogP contribution in [0, 0.1) is 0 Å². The molecular formula is C61H41NO2. The molecule has 3 heteroatoms. The molecule has 0 N–H and O–H groups in total. The third kappa shape index (κ3) is 5.54. The Hall–Kier alpha value is -8.14. The summed E-state index contributed by atoms with van der Waals surface area (Å²) in [6, 6.07) is 76.6. The molecule has 2 aromatic heterocycles. The first-order valence-electron chi connectivity index (χ1n) is 22.1. The van der Waals surface area contributed by atoms with Crippen molar-refractivity contribution in [1.82, 2.24) is 0 Å². The second kappa shape index (κ2) is 13.9. The molecule has 0 atom stereocenters. The highest BCUT2D eigenvalue weighted by Crippen LogP contribution is 2.51. The number of benzene rings is 10. The fraction of sp³-hybridized carbons (Fsp3) is 0.0492. The standard InChI is InChI=1S/C61H41NO2/c1-61(2)54-21-10-8-15-46(54)47-33-29-42(36-55(47)61)45-19-12-20-51-53-37-56(48-16-6-7-18-50(48)60(53)64-59(45)51)62(43-13-4-3-5-14-43)44-31-27-39(28-32-44)38-23-25-40(26-24-38)41-30-34-58-52(35-41)49-17-9-11-22-57(49)63-58/h3-37H,1-2H3. The Morgan fingerprint density at radius 2 is 0.891 bits per heavy atom. The fourth-order valence-corrected chi connectivity index (χ4v) is 10.5. The summed E-state index contributed by atoms with van der Waals surface area (Å²) in [6.45, 7) is 4.68. The van der Waals surface area contributed by atoms with Crippen molar-refractivity contribution in [2.75, 3.05) is 4.90 Å². The first kappa shape index (κ1) is 36.5. The van der Waals surface area contributed by atoms with Gasteiger partial charge < -0.3 is 13.7 Å². The summed E-state index contributed by atoms with van der Waals surface area (Å²) in [5.74, 6) is 0. The van der Waals surface area contributed by atoms with Gasteiger partial charge in [-0.15, -0.1) is 0 Å². The molecule has 64 heavy (non-hydrogen) atoms. The van der Waals surface area contributed by atoms with E-state index in [9.17, 15) is 0 Å². The number of rotatable bonds is 6. The summed E-state index contributed by atoms with van der Waals surface area (Å²) in [5.41, 5.74) is 19.1. The van der Waals surface area contributed by atoms with E-state index in [2.05, 4.69) is 219 Å². The quantitative estimate of drug-likeness (QED) is 0.167. The minimum Gasteiger partial charge on any atom is -0.456 e. The Labute approximate surface area is 371 Å². The van der Waals surface area contributed by atoms with Crippen molar-refractivity contribution in [2.45, 2.75) is 19.3 Å². The maximum absolute atomic E-state index is 7.04. The molecular weight excluding hydrogens is 779 g/mol. The van der Waals surface area contributed by atoms with Gasteiger partial charge in [0.05, 0.1) is 5.69 Å². The van der Waals surface area contributed by atoms with Crippen LogP contribution in [0.3, 0.4) is 0 Å². The molecule has 2 heterocycles. The summed E-state index contributed by atoms with van der Waals surface area (Å²) in [4.78, 5) is 2.38. The van der Waals surface area contributed by atoms with E-state index in [0.717, 1.165) is 82.8 Å². The lowest BCUT2D eigenvalue weighted by Crippen LogP contribution is -2.14. The fourth-order valence-electron chi connectivity index (χ4n) is 10.5. The monoisotopic (exact) mass is 819 g/mol. The lowest BCUT2D eigenvalue weighted by Gasteiger charge is -2.27. The van der Waals surface area contributed by atoms with Crippen molar-refractivity contribution in [1.29, 1.82) is 0 Å². The van der Waals surface area contributed by atoms with E-state index >= 15 is 0 Å². The van der Waals surface area contributed by atoms with E-state index in [0.29, 0.717) is 0 Å². The van der Waals surface area contributed by atoms with Gasteiger partial charge in [0.1, 0.15) is 22.3 Å². The van der Waals surface area contributed by atoms with Gasteiger partial charge in [0.15, 0.2) is 0 Å². The molecule has 10 aromatic carbocycles. The number of anilines is 3. The van der Waals surface area contributed by atoms with Crippen LogP contribution in [0.25, 0.3) is 99.2 Å². The van der Waals surface area contributed by atoms with E-state index in [1.165, 1.54) is 44.5 Å². The second-order valence-corrected chi connectivity index (χ2v) is 17.6. The largest absolute Gasteiger partial charge is 0.456 e. The van der Waals surface area contributed by atoms with Crippen molar-refractivity contribution in [3.8, 4) is 44.5 Å². The zero-order valence-corrected chi connectivity index (χ0v) is 35.5. The van der Waals surface area contributed by atoms with E-state index < -0.39 is 0 Å². The maximum Gasteiger partial charge on any atom is 0.143 e. The Morgan fingerprint density at radius 3 is 1.70 bits per heavy atom. The summed E-state index contributed by atoms with van der Waals surface area (Å²) in [7, 11) is 0. The molecule has 0 amide bonds. The first-order valence-corrected chi connectivity index (χ1v) is 22.1. The van der Waals surface area contributed by atoms with Gasteiger partial charge >= 0.3 is 0 Å². The first-order chi connectivity index (χ1) is 31.5. The van der Waals surface area contributed by atoms with Crippen LogP contribution >= 0.6 is 0 Å². The van der Waals surface area contributed by atoms with Crippen molar-refractivity contribution < 1.29 is 8.83 Å². The van der Waals surface area contributed by atoms with Crippen molar-refractivity contribution in [3.63, 3.8) is 0 Å². The van der Waals surface area contributed by atoms with Gasteiger partial charge in [-0.05, 0) is 105 Å². The zero-order valence-electron chi connectivity index (χ0n) is 35.5. The van der Waals surface area contributed by atoms with Crippen LogP contribution in [0.1, 0.15) is 25.0 Å². The van der Waals surface area contributed by atoms with Gasteiger partial charge in [-0.2, -0.15) is 0 Å². The van der Waals surface area contributed by atoms with Crippen LogP contribution in [0.5, 0.6) is 0 Å². The molecule has 13 rings (SSSR count). The van der Waals surface area contributed by atoms with Crippen LogP contribution in [-0.2, 0) is 5.41 Å². The Balaban J connectivity index is 0.897. The highest BCUT2D eigenvalue weighted by Gasteiger charge is 2.35. The molecule has 3 nitrogen and oxygen atoms in total. The number of para-hydroxylation sites is 3. The van der Waals surface area contributed by atoms with Gasteiger partial charge in [0.2, 0.25) is 0 Å². The predicted octanol–water partition coefficient (Wildman–Crippen LogP) is 17.4. The summed E-state index contributed by atoms with van der Waals surface area (Å²) >= 11 is 0. The molecule has 0 aliphatic heterocycles. The van der Waals surface area contributed by atoms with E-state index in [-0.39, 0.29) is 5.41 Å². The molecule has 1 aliphatic rings. The number of fused-ring (bicyclic) bond motifs is 11. The Bertz CT molecular complexity index is 3800. The summed E-state index contributed by atoms with van der Waals surface area (Å²) in [5, 5.41) is 6.68. The number of nitrogens with zero attached hydrogens (tertiary/aromatic N) is 1. The molecule has 12 aromatic rings. The number of furan rings is 2. The van der Waals surface area contributed by atoms with Crippen LogP contribution in [0.15, 0.2) is 221 Å². The minimum absolute atomic E-state index is 0.0913. The molecule has 0 saturated heterocycles. The average Bonchev–Trinajstić information content (AvgIpc) is 3.99. The van der Waals surface area contributed by atoms with Gasteiger partial charge in [-0.25, -0.2) is 0 Å². The van der Waals surface area contributed by atoms with Crippen LogP contribution in [0.2, 0.25) is 0 Å². The topological polar surface area (TPSA) is 29.5 Å². The zero-order chi connectivity index (χ0) is 42.5. The van der Waals surface area contributed by atoms with Gasteiger partial charge in [0, 0.05) is 54.7 Å². The third-order valence-electron chi connectivity index (χ3n) is 13.7. The van der Waals surface area contributed by atoms with Gasteiger partial charge in [0.25, 0.3) is 0 Å². The third-order valence-corrected chi connectivity index (χ3v) is 13.7. The highest BCUT2D eigenvalue weighted by molar-refractivity contribution is 6.21. The predicted molar refractivity (Wildman–Crippen MR) is 267 cm³/mol. The normalized spacial score (nSPS) is 13.0. The van der Waals surface area contributed by atoms with Crippen molar-refractivity contribution >= 4 is 71.7 Å². The SMILES string of the molecule is CC1(C)c2ccccc2-c2ccc(-c3cccc4c3oc3c5ccccc5c(N(c5ccccc5)c5ccc(-c6ccc(-c7ccc8oc9ccccc9c8c7)cc6)cc5)cc43)cc21. The van der Waals surface area contributed by atoms with Gasteiger partial charge in [-0.1, -0.05) is 172 Å².